The number of nitrogens with zero attached hydrogens (tertiary/aromatic N) is 1. The van der Waals surface area contributed by atoms with Crippen LogP contribution in [0.1, 0.15) is 25.3 Å². The van der Waals surface area contributed by atoms with Crippen LogP contribution in [0.2, 0.25) is 0 Å². The maximum Gasteiger partial charge on any atom is 0.0447 e. The lowest BCUT2D eigenvalue weighted by atomic mass is 10.1. The average Bonchev–Trinajstić information content (AvgIpc) is 3.10. The molecule has 1 heteroatoms. The van der Waals surface area contributed by atoms with E-state index in [4.69, 9.17) is 1.37 Å². The topological polar surface area (TPSA) is 3.01 Å². The van der Waals surface area contributed by atoms with E-state index in [1.807, 2.05) is 6.07 Å². The fourth-order valence-corrected chi connectivity index (χ4v) is 2.55. The fourth-order valence-electron chi connectivity index (χ4n) is 2.55. The van der Waals surface area contributed by atoms with E-state index in [0.717, 1.165) is 19.4 Å². The predicted molar refractivity (Wildman–Crippen MR) is 80.0 cm³/mol. The molecule has 1 fully saturated rings. The Balaban J connectivity index is 1.43. The molecule has 1 aliphatic heterocycles. The van der Waals surface area contributed by atoms with Crippen molar-refractivity contribution in [3.8, 4) is 0 Å². The predicted octanol–water partition coefficient (Wildman–Crippen LogP) is 3.89. The van der Waals surface area contributed by atoms with E-state index in [-0.39, 0.29) is 6.52 Å². The second-order valence-corrected chi connectivity index (χ2v) is 5.25. The zero-order valence-electron chi connectivity index (χ0n) is 12.2. The summed E-state index contributed by atoms with van der Waals surface area (Å²) >= 11 is 0. The highest BCUT2D eigenvalue weighted by Crippen LogP contribution is 2.25. The van der Waals surface area contributed by atoms with Gasteiger partial charge in [-0.1, -0.05) is 60.7 Å². The van der Waals surface area contributed by atoms with Gasteiger partial charge in [-0.05, 0) is 30.4 Å². The van der Waals surface area contributed by atoms with E-state index < -0.39 is 0 Å². The Hall–Kier alpha value is -1.60. The Labute approximate surface area is 117 Å². The van der Waals surface area contributed by atoms with Crippen molar-refractivity contribution in [2.45, 2.75) is 31.8 Å². The van der Waals surface area contributed by atoms with Gasteiger partial charge in [-0.2, -0.15) is 0 Å². The molecule has 3 atom stereocenters. The van der Waals surface area contributed by atoms with Crippen molar-refractivity contribution in [3.63, 3.8) is 0 Å². The van der Waals surface area contributed by atoms with E-state index in [0.29, 0.717) is 6.04 Å². The van der Waals surface area contributed by atoms with E-state index >= 15 is 0 Å². The van der Waals surface area contributed by atoms with Crippen LogP contribution in [0.15, 0.2) is 60.7 Å². The first-order valence-corrected chi connectivity index (χ1v) is 7.10. The molecule has 0 amide bonds. The lowest BCUT2D eigenvalue weighted by Gasteiger charge is -2.04. The monoisotopic (exact) mass is 252 g/mol. The number of benzene rings is 2. The van der Waals surface area contributed by atoms with Gasteiger partial charge in [0.15, 0.2) is 0 Å². The van der Waals surface area contributed by atoms with Crippen LogP contribution in [-0.2, 0) is 13.0 Å². The van der Waals surface area contributed by atoms with Crippen molar-refractivity contribution in [2.75, 3.05) is 6.52 Å². The molecule has 0 N–H and O–H groups in total. The highest BCUT2D eigenvalue weighted by Gasteiger charge is 2.32. The van der Waals surface area contributed by atoms with E-state index in [1.165, 1.54) is 17.5 Å². The van der Waals surface area contributed by atoms with E-state index in [2.05, 4.69) is 59.5 Å². The molecule has 1 heterocycles. The molecular formula is C18H21N. The SMILES string of the molecule is [2H][C@@H]1[C@H](CCCc2ccccc2)N1Cc1ccccc1. The summed E-state index contributed by atoms with van der Waals surface area (Å²) in [7, 11) is 0. The molecule has 3 rings (SSSR count). The lowest BCUT2D eigenvalue weighted by molar-refractivity contribution is 0.480. The van der Waals surface area contributed by atoms with E-state index in [9.17, 15) is 0 Å². The van der Waals surface area contributed by atoms with Crippen molar-refractivity contribution in [1.82, 2.24) is 4.90 Å². The van der Waals surface area contributed by atoms with Crippen molar-refractivity contribution < 1.29 is 1.37 Å². The van der Waals surface area contributed by atoms with Gasteiger partial charge in [0.1, 0.15) is 0 Å². The second kappa shape index (κ2) is 6.03. The highest BCUT2D eigenvalue weighted by atomic mass is 15.3. The second-order valence-electron chi connectivity index (χ2n) is 5.25. The molecule has 0 aliphatic carbocycles. The van der Waals surface area contributed by atoms with Gasteiger partial charge in [-0.3, -0.25) is 4.90 Å². The summed E-state index contributed by atoms with van der Waals surface area (Å²) in [6.45, 7) is 0.927. The van der Waals surface area contributed by atoms with Gasteiger partial charge >= 0.3 is 0 Å². The maximum atomic E-state index is 8.07. The van der Waals surface area contributed by atoms with Gasteiger partial charge in [0.2, 0.25) is 0 Å². The van der Waals surface area contributed by atoms with Crippen molar-refractivity contribution >= 4 is 0 Å². The summed E-state index contributed by atoms with van der Waals surface area (Å²) < 4.78 is 8.07. The molecule has 0 radical (unpaired) electrons. The molecule has 0 spiro atoms. The Morgan fingerprint density at radius 3 is 2.26 bits per heavy atom. The molecule has 0 bridgehead atoms. The third-order valence-corrected chi connectivity index (χ3v) is 3.72. The van der Waals surface area contributed by atoms with Crippen LogP contribution in [0.25, 0.3) is 0 Å². The van der Waals surface area contributed by atoms with Crippen molar-refractivity contribution in [2.24, 2.45) is 0 Å². The minimum absolute atomic E-state index is 0.00554. The number of aryl methyl sites for hydroxylation is 1. The molecule has 2 aromatic rings. The summed E-state index contributed by atoms with van der Waals surface area (Å²) in [6.07, 6.45) is 3.44. The van der Waals surface area contributed by atoms with Crippen LogP contribution in [0.4, 0.5) is 0 Å². The zero-order valence-corrected chi connectivity index (χ0v) is 11.2. The lowest BCUT2D eigenvalue weighted by Crippen LogP contribution is -2.02. The molecule has 98 valence electrons. The first kappa shape index (κ1) is 11.2. The van der Waals surface area contributed by atoms with Crippen LogP contribution in [-0.4, -0.2) is 17.5 Å². The molecule has 1 aliphatic rings. The summed E-state index contributed by atoms with van der Waals surface area (Å²) in [5.74, 6) is 0. The minimum Gasteiger partial charge on any atom is -0.293 e. The molecule has 1 unspecified atom stereocenters. The smallest absolute Gasteiger partial charge is 0.0447 e. The summed E-state index contributed by atoms with van der Waals surface area (Å²) in [6, 6.07) is 21.6. The maximum absolute atomic E-state index is 8.07. The first-order valence-electron chi connectivity index (χ1n) is 7.68. The van der Waals surface area contributed by atoms with Gasteiger partial charge in [0.05, 0.1) is 0 Å². The zero-order chi connectivity index (χ0) is 13.8. The van der Waals surface area contributed by atoms with Crippen LogP contribution < -0.4 is 0 Å². The van der Waals surface area contributed by atoms with Crippen LogP contribution in [0.3, 0.4) is 0 Å². The first-order chi connectivity index (χ1) is 9.84. The van der Waals surface area contributed by atoms with Gasteiger partial charge in [0.25, 0.3) is 0 Å². The Bertz CT molecular complexity index is 526. The molecule has 0 saturated carbocycles. The Kier molecular flexibility index (Phi) is 3.57. The van der Waals surface area contributed by atoms with Crippen LogP contribution >= 0.6 is 0 Å². The van der Waals surface area contributed by atoms with Gasteiger partial charge in [-0.25, -0.2) is 0 Å². The Morgan fingerprint density at radius 2 is 1.58 bits per heavy atom. The largest absolute Gasteiger partial charge is 0.293 e. The van der Waals surface area contributed by atoms with Crippen LogP contribution in [0, 0.1) is 0 Å². The molecule has 2 aromatic carbocycles. The fraction of sp³-hybridized carbons (Fsp3) is 0.333. The third-order valence-electron chi connectivity index (χ3n) is 3.72. The highest BCUT2D eigenvalue weighted by molar-refractivity contribution is 5.16. The third kappa shape index (κ3) is 3.68. The van der Waals surface area contributed by atoms with Gasteiger partial charge in [0, 0.05) is 20.5 Å². The summed E-state index contributed by atoms with van der Waals surface area (Å²) in [4.78, 5) is 2.28. The molecular weight excluding hydrogens is 230 g/mol. The van der Waals surface area contributed by atoms with Gasteiger partial charge in [-0.15, -0.1) is 0 Å². The van der Waals surface area contributed by atoms with Gasteiger partial charge < -0.3 is 0 Å². The Morgan fingerprint density at radius 1 is 0.947 bits per heavy atom. The van der Waals surface area contributed by atoms with Crippen molar-refractivity contribution in [3.05, 3.63) is 71.8 Å². The summed E-state index contributed by atoms with van der Waals surface area (Å²) in [5.41, 5.74) is 2.72. The van der Waals surface area contributed by atoms with Crippen LogP contribution in [0.5, 0.6) is 0 Å². The number of rotatable bonds is 6. The summed E-state index contributed by atoms with van der Waals surface area (Å²) in [5, 5.41) is 0. The standard InChI is InChI=1S/C18H21N/c1-3-8-16(9-4-1)12-7-13-18-15-19(18)14-17-10-5-2-6-11-17/h1-6,8-11,18H,7,12-15H2/t18-,19?/m0/s1/i15D/t15-,18+,19?/m1. The van der Waals surface area contributed by atoms with Crippen molar-refractivity contribution in [1.29, 1.82) is 0 Å². The quantitative estimate of drug-likeness (QED) is 0.705. The number of hydrogen-bond donors (Lipinski definition) is 0. The molecule has 19 heavy (non-hydrogen) atoms. The molecule has 0 aromatic heterocycles. The normalized spacial score (nSPS) is 25.9. The molecule has 1 saturated heterocycles. The number of hydrogen-bond acceptors (Lipinski definition) is 1. The minimum atomic E-state index is 0.00554. The molecule has 1 nitrogen and oxygen atoms in total. The average molecular weight is 252 g/mol. The van der Waals surface area contributed by atoms with E-state index in [1.54, 1.807) is 0 Å².